The summed E-state index contributed by atoms with van der Waals surface area (Å²) in [6.45, 7) is 6.12. The van der Waals surface area contributed by atoms with Crippen molar-refractivity contribution < 1.29 is 19.1 Å². The number of nitrogens with two attached hydrogens (primary N) is 1. The second-order valence-electron chi connectivity index (χ2n) is 5.20. The Morgan fingerprint density at radius 3 is 2.64 bits per heavy atom. The third-order valence-corrected chi connectivity index (χ3v) is 2.80. The lowest BCUT2D eigenvalue weighted by Crippen LogP contribution is -2.29. The van der Waals surface area contributed by atoms with Gasteiger partial charge in [0.05, 0.1) is 17.4 Å². The summed E-state index contributed by atoms with van der Waals surface area (Å²) in [6.07, 6.45) is 1.75. The third-order valence-electron chi connectivity index (χ3n) is 2.80. The van der Waals surface area contributed by atoms with Crippen molar-refractivity contribution in [2.24, 2.45) is 0 Å². The maximum atomic E-state index is 11.7. The lowest BCUT2D eigenvalue weighted by Gasteiger charge is -2.11. The van der Waals surface area contributed by atoms with E-state index in [9.17, 15) is 9.59 Å². The van der Waals surface area contributed by atoms with E-state index >= 15 is 0 Å². The molecule has 6 nitrogen and oxygen atoms in total. The number of hydrogen-bond donors (Lipinski definition) is 2. The smallest absolute Gasteiger partial charge is 0.338 e. The van der Waals surface area contributed by atoms with Crippen molar-refractivity contribution in [3.63, 3.8) is 0 Å². The number of anilines is 1. The first kappa shape index (κ1) is 17.8. The summed E-state index contributed by atoms with van der Waals surface area (Å²) < 4.78 is 10.4. The Labute approximate surface area is 131 Å². The van der Waals surface area contributed by atoms with Crippen LogP contribution in [0.2, 0.25) is 0 Å². The van der Waals surface area contributed by atoms with Gasteiger partial charge in [-0.3, -0.25) is 4.79 Å². The highest BCUT2D eigenvalue weighted by Gasteiger charge is 2.12. The number of benzene rings is 1. The maximum absolute atomic E-state index is 11.7. The molecule has 0 aliphatic rings. The van der Waals surface area contributed by atoms with Gasteiger partial charge in [-0.15, -0.1) is 0 Å². The molecule has 6 heteroatoms. The molecule has 0 saturated heterocycles. The molecule has 0 unspecified atom stereocenters. The molecule has 0 fully saturated rings. The number of ether oxygens (including phenoxy) is 2. The summed E-state index contributed by atoms with van der Waals surface area (Å²) in [5.41, 5.74) is 6.48. The number of esters is 1. The van der Waals surface area contributed by atoms with Crippen molar-refractivity contribution in [1.82, 2.24) is 5.32 Å². The van der Waals surface area contributed by atoms with E-state index in [4.69, 9.17) is 15.2 Å². The highest BCUT2D eigenvalue weighted by Crippen LogP contribution is 2.23. The van der Waals surface area contributed by atoms with Gasteiger partial charge in [0.25, 0.3) is 5.91 Å². The Morgan fingerprint density at radius 1 is 1.32 bits per heavy atom. The second-order valence-corrected chi connectivity index (χ2v) is 5.20. The van der Waals surface area contributed by atoms with Crippen molar-refractivity contribution in [3.05, 3.63) is 23.8 Å². The van der Waals surface area contributed by atoms with Crippen LogP contribution in [0.4, 0.5) is 5.69 Å². The molecular formula is C16H24N2O4. The Bertz CT molecular complexity index is 515. The predicted octanol–water partition coefficient (Wildman–Crippen LogP) is 2.13. The average molecular weight is 308 g/mol. The van der Waals surface area contributed by atoms with Crippen LogP contribution in [0.1, 0.15) is 44.0 Å². The summed E-state index contributed by atoms with van der Waals surface area (Å²) in [5.74, 6) is -0.270. The Hall–Kier alpha value is -2.24. The molecule has 122 valence electrons. The van der Waals surface area contributed by atoms with Crippen LogP contribution in [0.3, 0.4) is 0 Å². The van der Waals surface area contributed by atoms with Gasteiger partial charge in [0.2, 0.25) is 0 Å². The Balaban J connectivity index is 2.55. The molecule has 0 aromatic heterocycles. The quantitative estimate of drug-likeness (QED) is 0.436. The number of nitrogens with one attached hydrogen (secondary N) is 1. The molecule has 0 heterocycles. The average Bonchev–Trinajstić information content (AvgIpc) is 2.45. The minimum atomic E-state index is -0.439. The fourth-order valence-electron chi connectivity index (χ4n) is 1.69. The molecule has 0 saturated carbocycles. The van der Waals surface area contributed by atoms with Gasteiger partial charge in [-0.05, 0) is 38.5 Å². The zero-order valence-electron chi connectivity index (χ0n) is 13.3. The summed E-state index contributed by atoms with van der Waals surface area (Å²) in [5, 5.41) is 2.75. The minimum absolute atomic E-state index is 0.107. The predicted molar refractivity (Wildman–Crippen MR) is 84.8 cm³/mol. The maximum Gasteiger partial charge on any atom is 0.338 e. The van der Waals surface area contributed by atoms with Gasteiger partial charge in [-0.2, -0.15) is 0 Å². The number of nitrogen functional groups attached to an aromatic ring is 1. The monoisotopic (exact) mass is 308 g/mol. The van der Waals surface area contributed by atoms with Crippen molar-refractivity contribution in [2.45, 2.75) is 39.7 Å². The van der Waals surface area contributed by atoms with Crippen molar-refractivity contribution in [3.8, 4) is 5.75 Å². The molecule has 1 aromatic carbocycles. The third kappa shape index (κ3) is 6.03. The highest BCUT2D eigenvalue weighted by molar-refractivity contribution is 5.91. The first-order chi connectivity index (χ1) is 10.4. The number of carbonyl (C=O) groups excluding carboxylic acids is 2. The molecule has 0 atom stereocenters. The Morgan fingerprint density at radius 2 is 2.05 bits per heavy atom. The van der Waals surface area contributed by atoms with Gasteiger partial charge in [0, 0.05) is 6.54 Å². The van der Waals surface area contributed by atoms with Crippen LogP contribution in [0.5, 0.6) is 5.75 Å². The van der Waals surface area contributed by atoms with Gasteiger partial charge in [0.1, 0.15) is 5.75 Å². The number of rotatable bonds is 8. The fourth-order valence-corrected chi connectivity index (χ4v) is 1.69. The van der Waals surface area contributed by atoms with Gasteiger partial charge < -0.3 is 20.5 Å². The Kier molecular flexibility index (Phi) is 7.22. The molecule has 22 heavy (non-hydrogen) atoms. The van der Waals surface area contributed by atoms with E-state index < -0.39 is 5.97 Å². The van der Waals surface area contributed by atoms with E-state index in [2.05, 4.69) is 12.2 Å². The zero-order valence-corrected chi connectivity index (χ0v) is 13.3. The van der Waals surface area contributed by atoms with Gasteiger partial charge in [0.15, 0.2) is 6.61 Å². The van der Waals surface area contributed by atoms with E-state index in [0.29, 0.717) is 23.5 Å². The molecule has 0 spiro atoms. The molecule has 0 aliphatic carbocycles. The topological polar surface area (TPSA) is 90.6 Å². The van der Waals surface area contributed by atoms with Crippen LogP contribution >= 0.6 is 0 Å². The van der Waals surface area contributed by atoms with E-state index in [1.54, 1.807) is 26.0 Å². The number of unbranched alkanes of at least 4 members (excludes halogenated alkanes) is 1. The highest BCUT2D eigenvalue weighted by atomic mass is 16.5. The first-order valence-corrected chi connectivity index (χ1v) is 7.44. The minimum Gasteiger partial charge on any atom is -0.482 e. The van der Waals surface area contributed by atoms with E-state index in [-0.39, 0.29) is 18.6 Å². The van der Waals surface area contributed by atoms with Gasteiger partial charge in [-0.25, -0.2) is 4.79 Å². The molecule has 3 N–H and O–H groups in total. The molecule has 1 rings (SSSR count). The van der Waals surface area contributed by atoms with Crippen LogP contribution in [0, 0.1) is 0 Å². The number of amides is 1. The molecular weight excluding hydrogens is 284 g/mol. The first-order valence-electron chi connectivity index (χ1n) is 7.44. The summed E-state index contributed by atoms with van der Waals surface area (Å²) >= 11 is 0. The van der Waals surface area contributed by atoms with Crippen molar-refractivity contribution >= 4 is 17.6 Å². The van der Waals surface area contributed by atoms with Crippen LogP contribution in [0.25, 0.3) is 0 Å². The van der Waals surface area contributed by atoms with E-state index in [1.165, 1.54) is 6.07 Å². The lowest BCUT2D eigenvalue weighted by molar-refractivity contribution is -0.123. The van der Waals surface area contributed by atoms with E-state index in [1.807, 2.05) is 0 Å². The lowest BCUT2D eigenvalue weighted by atomic mass is 10.2. The molecule has 0 radical (unpaired) electrons. The van der Waals surface area contributed by atoms with Crippen molar-refractivity contribution in [1.29, 1.82) is 0 Å². The second kappa shape index (κ2) is 8.92. The summed E-state index contributed by atoms with van der Waals surface area (Å²) in [7, 11) is 0. The summed E-state index contributed by atoms with van der Waals surface area (Å²) in [4.78, 5) is 23.3. The van der Waals surface area contributed by atoms with Crippen LogP contribution in [0.15, 0.2) is 18.2 Å². The zero-order chi connectivity index (χ0) is 16.5. The van der Waals surface area contributed by atoms with Crippen molar-refractivity contribution in [2.75, 3.05) is 18.9 Å². The largest absolute Gasteiger partial charge is 0.482 e. The summed E-state index contributed by atoms with van der Waals surface area (Å²) in [6, 6.07) is 4.60. The normalized spacial score (nSPS) is 10.4. The number of hydrogen-bond acceptors (Lipinski definition) is 5. The van der Waals surface area contributed by atoms with Crippen LogP contribution in [-0.4, -0.2) is 31.1 Å². The van der Waals surface area contributed by atoms with Crippen LogP contribution < -0.4 is 15.8 Å². The fraction of sp³-hybridized carbons (Fsp3) is 0.500. The molecule has 1 aromatic rings. The standard InChI is InChI=1S/C16H24N2O4/c1-4-5-8-18-15(19)10-21-14-7-6-12(9-13(14)17)16(20)22-11(2)3/h6-7,9,11H,4-5,8,10,17H2,1-3H3,(H,18,19). The molecule has 0 aliphatic heterocycles. The number of carbonyl (C=O) groups is 2. The molecule has 1 amide bonds. The van der Waals surface area contributed by atoms with Gasteiger partial charge >= 0.3 is 5.97 Å². The molecule has 0 bridgehead atoms. The van der Waals surface area contributed by atoms with Gasteiger partial charge in [-0.1, -0.05) is 13.3 Å². The van der Waals surface area contributed by atoms with Crippen LogP contribution in [-0.2, 0) is 9.53 Å². The van der Waals surface area contributed by atoms with E-state index in [0.717, 1.165) is 12.8 Å². The SMILES string of the molecule is CCCCNC(=O)COc1ccc(C(=O)OC(C)C)cc1N.